The van der Waals surface area contributed by atoms with Crippen LogP contribution in [-0.4, -0.2) is 29.9 Å². The van der Waals surface area contributed by atoms with E-state index in [2.05, 4.69) is 5.32 Å². The van der Waals surface area contributed by atoms with Crippen LogP contribution < -0.4 is 10.1 Å². The highest BCUT2D eigenvalue weighted by molar-refractivity contribution is 5.90. The van der Waals surface area contributed by atoms with Gasteiger partial charge in [0, 0.05) is 19.0 Å². The minimum absolute atomic E-state index is 0.0156. The highest BCUT2D eigenvalue weighted by atomic mass is 19.1. The summed E-state index contributed by atoms with van der Waals surface area (Å²) >= 11 is 0. The molecule has 2 aromatic carbocycles. The van der Waals surface area contributed by atoms with Gasteiger partial charge < -0.3 is 15.0 Å². The second-order valence-electron chi connectivity index (χ2n) is 7.87. The van der Waals surface area contributed by atoms with Crippen LogP contribution in [0.25, 0.3) is 0 Å². The summed E-state index contributed by atoms with van der Waals surface area (Å²) in [4.78, 5) is 27.6. The average Bonchev–Trinajstić information content (AvgIpc) is 3.50. The molecule has 4 rings (SSSR count). The van der Waals surface area contributed by atoms with Crippen LogP contribution in [0.5, 0.6) is 5.75 Å². The van der Waals surface area contributed by atoms with Crippen LogP contribution in [0.15, 0.2) is 42.5 Å². The first kappa shape index (κ1) is 19.4. The van der Waals surface area contributed by atoms with Crippen LogP contribution in [0.4, 0.5) is 4.39 Å². The number of carbonyl (C=O) groups excluding carboxylic acids is 2. The number of nitrogens with one attached hydrogen (secondary N) is 1. The number of methoxy groups -OCH3 is 1. The van der Waals surface area contributed by atoms with Gasteiger partial charge in [0.1, 0.15) is 11.6 Å². The third-order valence-corrected chi connectivity index (χ3v) is 5.78. The highest BCUT2D eigenvalue weighted by Crippen LogP contribution is 2.45. The predicted octanol–water partition coefficient (Wildman–Crippen LogP) is 3.51. The van der Waals surface area contributed by atoms with E-state index in [1.165, 1.54) is 6.07 Å². The fraction of sp³-hybridized carbons (Fsp3) is 0.391. The van der Waals surface area contributed by atoms with Crippen LogP contribution in [0.1, 0.15) is 42.0 Å². The van der Waals surface area contributed by atoms with Gasteiger partial charge in [-0.25, -0.2) is 4.39 Å². The Labute approximate surface area is 169 Å². The first-order valence-corrected chi connectivity index (χ1v) is 9.96. The topological polar surface area (TPSA) is 58.6 Å². The average molecular weight is 396 g/mol. The minimum atomic E-state index is -0.481. The Bertz CT molecular complexity index is 941. The summed E-state index contributed by atoms with van der Waals surface area (Å²) in [6.45, 7) is 1.93. The number of carbonyl (C=O) groups is 2. The number of halogens is 1. The summed E-state index contributed by atoms with van der Waals surface area (Å²) < 4.78 is 19.1. The van der Waals surface area contributed by atoms with Crippen molar-refractivity contribution < 1.29 is 18.7 Å². The van der Waals surface area contributed by atoms with Crippen LogP contribution in [0, 0.1) is 18.7 Å². The number of likely N-dealkylation sites (tertiary alicyclic amines) is 1. The van der Waals surface area contributed by atoms with Crippen LogP contribution in [0.2, 0.25) is 0 Å². The van der Waals surface area contributed by atoms with E-state index in [1.807, 2.05) is 29.2 Å². The number of amides is 2. The van der Waals surface area contributed by atoms with Gasteiger partial charge in [-0.1, -0.05) is 24.3 Å². The molecule has 2 fully saturated rings. The molecule has 29 heavy (non-hydrogen) atoms. The quantitative estimate of drug-likeness (QED) is 0.813. The van der Waals surface area contributed by atoms with Crippen molar-refractivity contribution in [2.45, 2.75) is 44.8 Å². The van der Waals surface area contributed by atoms with Crippen molar-refractivity contribution in [3.05, 3.63) is 65.0 Å². The molecule has 0 unspecified atom stereocenters. The zero-order chi connectivity index (χ0) is 20.5. The summed E-state index contributed by atoms with van der Waals surface area (Å²) in [7, 11) is 1.60. The van der Waals surface area contributed by atoms with Gasteiger partial charge >= 0.3 is 0 Å². The van der Waals surface area contributed by atoms with E-state index in [4.69, 9.17) is 4.74 Å². The van der Waals surface area contributed by atoms with E-state index in [-0.39, 0.29) is 42.7 Å². The molecule has 1 aliphatic carbocycles. The number of hydrogen-bond donors (Lipinski definition) is 1. The number of nitrogens with zero attached hydrogens (tertiary/aromatic N) is 1. The molecule has 2 atom stereocenters. The van der Waals surface area contributed by atoms with Crippen molar-refractivity contribution in [2.75, 3.05) is 7.11 Å². The van der Waals surface area contributed by atoms with Crippen molar-refractivity contribution in [1.82, 2.24) is 10.2 Å². The van der Waals surface area contributed by atoms with Crippen LogP contribution in [-0.2, 0) is 16.1 Å². The van der Waals surface area contributed by atoms with Gasteiger partial charge in [-0.2, -0.15) is 0 Å². The van der Waals surface area contributed by atoms with E-state index in [1.54, 1.807) is 26.2 Å². The molecule has 1 aliphatic heterocycles. The van der Waals surface area contributed by atoms with Crippen LogP contribution in [0.3, 0.4) is 0 Å². The molecule has 152 valence electrons. The smallest absolute Gasteiger partial charge is 0.226 e. The van der Waals surface area contributed by atoms with Gasteiger partial charge in [-0.15, -0.1) is 0 Å². The summed E-state index contributed by atoms with van der Waals surface area (Å²) in [5.41, 5.74) is 2.17. The Morgan fingerprint density at radius 3 is 2.72 bits per heavy atom. The van der Waals surface area contributed by atoms with E-state index in [0.29, 0.717) is 16.9 Å². The molecule has 0 bridgehead atoms. The van der Waals surface area contributed by atoms with Crippen molar-refractivity contribution in [3.63, 3.8) is 0 Å². The van der Waals surface area contributed by atoms with E-state index in [9.17, 15) is 14.0 Å². The number of aryl methyl sites for hydroxylation is 1. The fourth-order valence-electron chi connectivity index (χ4n) is 4.06. The molecule has 2 aliphatic rings. The highest BCUT2D eigenvalue weighted by Gasteiger charge is 2.49. The van der Waals surface area contributed by atoms with Gasteiger partial charge in [-0.3, -0.25) is 9.59 Å². The second-order valence-corrected chi connectivity index (χ2v) is 7.87. The Balaban J connectivity index is 1.55. The zero-order valence-electron chi connectivity index (χ0n) is 16.7. The van der Waals surface area contributed by atoms with E-state index < -0.39 is 5.92 Å². The lowest BCUT2D eigenvalue weighted by Crippen LogP contribution is -2.36. The molecule has 1 saturated heterocycles. The van der Waals surface area contributed by atoms with Gasteiger partial charge in [0.25, 0.3) is 0 Å². The molecule has 5 nitrogen and oxygen atoms in total. The Kier molecular flexibility index (Phi) is 5.26. The lowest BCUT2D eigenvalue weighted by atomic mass is 9.92. The summed E-state index contributed by atoms with van der Waals surface area (Å²) in [6.07, 6.45) is 2.14. The van der Waals surface area contributed by atoms with Gasteiger partial charge in [0.15, 0.2) is 0 Å². The molecule has 1 heterocycles. The van der Waals surface area contributed by atoms with E-state index >= 15 is 0 Å². The molecule has 2 amide bonds. The maximum absolute atomic E-state index is 13.8. The minimum Gasteiger partial charge on any atom is -0.497 e. The first-order valence-electron chi connectivity index (χ1n) is 9.96. The molecule has 1 saturated carbocycles. The molecule has 1 N–H and O–H groups in total. The van der Waals surface area contributed by atoms with Gasteiger partial charge in [0.05, 0.1) is 19.1 Å². The zero-order valence-corrected chi connectivity index (χ0v) is 16.7. The maximum Gasteiger partial charge on any atom is 0.226 e. The summed E-state index contributed by atoms with van der Waals surface area (Å²) in [6, 6.07) is 12.4. The Hall–Kier alpha value is -2.89. The first-order chi connectivity index (χ1) is 14.0. The van der Waals surface area contributed by atoms with Crippen molar-refractivity contribution in [2.24, 2.45) is 5.92 Å². The van der Waals surface area contributed by atoms with Gasteiger partial charge in [-0.05, 0) is 54.7 Å². The number of rotatable bonds is 6. The monoisotopic (exact) mass is 396 g/mol. The van der Waals surface area contributed by atoms with Crippen molar-refractivity contribution >= 4 is 11.8 Å². The van der Waals surface area contributed by atoms with Crippen molar-refractivity contribution in [1.29, 1.82) is 0 Å². The van der Waals surface area contributed by atoms with E-state index in [0.717, 1.165) is 18.4 Å². The molecule has 0 radical (unpaired) electrons. The number of benzene rings is 2. The largest absolute Gasteiger partial charge is 0.497 e. The molecule has 6 heteroatoms. The predicted molar refractivity (Wildman–Crippen MR) is 107 cm³/mol. The lowest BCUT2D eigenvalue weighted by molar-refractivity contribution is -0.129. The number of ether oxygens (including phenoxy) is 1. The molecular weight excluding hydrogens is 371 g/mol. The molecule has 0 aromatic heterocycles. The normalized spacial score (nSPS) is 21.3. The Morgan fingerprint density at radius 2 is 2.03 bits per heavy atom. The second kappa shape index (κ2) is 7.85. The maximum atomic E-state index is 13.8. The Morgan fingerprint density at radius 1 is 1.24 bits per heavy atom. The molecular formula is C23H25FN2O3. The summed E-state index contributed by atoms with van der Waals surface area (Å²) in [5.74, 6) is -0.239. The van der Waals surface area contributed by atoms with Gasteiger partial charge in [0.2, 0.25) is 11.8 Å². The summed E-state index contributed by atoms with van der Waals surface area (Å²) in [5, 5.41) is 2.90. The standard InChI is InChI=1S/C23H25FN2O3/c1-14-6-7-15(10-20(14)24)13-25-23(28)19-12-21(27)26(17-8-9-17)22(19)16-4-3-5-18(11-16)29-2/h3-7,10-11,17,19,22H,8-9,12-13H2,1-2H3,(H,25,28)/t19-,22+/m1/s1. The van der Waals surface area contributed by atoms with Crippen LogP contribution >= 0.6 is 0 Å². The molecule has 0 spiro atoms. The fourth-order valence-corrected chi connectivity index (χ4v) is 4.06. The number of hydrogen-bond acceptors (Lipinski definition) is 3. The third-order valence-electron chi connectivity index (χ3n) is 5.78. The van der Waals surface area contributed by atoms with Crippen molar-refractivity contribution in [3.8, 4) is 5.75 Å². The third kappa shape index (κ3) is 3.97. The molecule has 2 aromatic rings. The lowest BCUT2D eigenvalue weighted by Gasteiger charge is -2.28. The SMILES string of the molecule is COc1cccc([C@H]2[C@H](C(=O)NCc3ccc(C)c(F)c3)CC(=O)N2C2CC2)c1.